The normalized spacial score (nSPS) is 23.2. The first-order valence-electron chi connectivity index (χ1n) is 8.15. The Bertz CT molecular complexity index is 704. The largest absolute Gasteiger partial charge is 0.382 e. The molecule has 1 amide bonds. The van der Waals surface area contributed by atoms with Crippen LogP contribution < -0.4 is 0 Å². The third kappa shape index (κ3) is 3.44. The molecule has 0 bridgehead atoms. The summed E-state index contributed by atoms with van der Waals surface area (Å²) < 4.78 is 16.4. The van der Waals surface area contributed by atoms with Gasteiger partial charge >= 0.3 is 0 Å². The van der Waals surface area contributed by atoms with Crippen molar-refractivity contribution in [3.63, 3.8) is 0 Å². The second-order valence-electron chi connectivity index (χ2n) is 6.01. The van der Waals surface area contributed by atoms with Gasteiger partial charge in [-0.3, -0.25) is 9.89 Å². The number of H-pyrrole nitrogens is 1. The van der Waals surface area contributed by atoms with Crippen molar-refractivity contribution in [1.82, 2.24) is 15.1 Å². The average molecular weight is 345 g/mol. The van der Waals surface area contributed by atoms with Crippen molar-refractivity contribution in [2.24, 2.45) is 0 Å². The number of likely N-dealkylation sites (tertiary alicyclic amines) is 1. The number of amides is 1. The molecule has 3 rings (SSSR count). The zero-order valence-corrected chi connectivity index (χ0v) is 14.6. The van der Waals surface area contributed by atoms with E-state index in [2.05, 4.69) is 10.2 Å². The molecule has 7 heteroatoms. The molecule has 0 radical (unpaired) electrons. The van der Waals surface area contributed by atoms with Crippen LogP contribution in [0.1, 0.15) is 10.4 Å². The lowest BCUT2D eigenvalue weighted by Crippen LogP contribution is -2.43. The highest BCUT2D eigenvalue weighted by atomic mass is 16.5. The van der Waals surface area contributed by atoms with Crippen molar-refractivity contribution in [1.29, 1.82) is 0 Å². The molecule has 2 aromatic rings. The molecule has 1 fully saturated rings. The van der Waals surface area contributed by atoms with E-state index in [0.717, 1.165) is 11.3 Å². The molecule has 2 heterocycles. The number of aromatic amines is 1. The molecule has 1 saturated heterocycles. The highest BCUT2D eigenvalue weighted by Gasteiger charge is 2.44. The van der Waals surface area contributed by atoms with Crippen LogP contribution in [-0.4, -0.2) is 73.7 Å². The molecule has 7 nitrogen and oxygen atoms in total. The van der Waals surface area contributed by atoms with E-state index in [1.54, 1.807) is 32.4 Å². The Labute approximate surface area is 146 Å². The third-order valence-electron chi connectivity index (χ3n) is 4.62. The summed E-state index contributed by atoms with van der Waals surface area (Å²) in [5, 5.41) is 6.87. The Morgan fingerprint density at radius 3 is 2.76 bits per heavy atom. The number of nitrogens with zero attached hydrogens (tertiary/aromatic N) is 2. The van der Waals surface area contributed by atoms with E-state index in [9.17, 15) is 4.79 Å². The van der Waals surface area contributed by atoms with E-state index >= 15 is 0 Å². The van der Waals surface area contributed by atoms with Crippen molar-refractivity contribution in [2.45, 2.75) is 18.2 Å². The van der Waals surface area contributed by atoms with Gasteiger partial charge in [0.2, 0.25) is 0 Å². The smallest absolute Gasteiger partial charge is 0.254 e. The lowest BCUT2D eigenvalue weighted by Gasteiger charge is -2.27. The predicted molar refractivity (Wildman–Crippen MR) is 92.3 cm³/mol. The minimum atomic E-state index is -0.218. The van der Waals surface area contributed by atoms with Crippen molar-refractivity contribution in [3.8, 4) is 11.3 Å². The average Bonchev–Trinajstić information content (AvgIpc) is 3.29. The molecule has 1 aliphatic heterocycles. The quantitative estimate of drug-likeness (QED) is 0.860. The summed E-state index contributed by atoms with van der Waals surface area (Å²) in [7, 11) is 4.88. The first kappa shape index (κ1) is 17.6. The van der Waals surface area contributed by atoms with Gasteiger partial charge in [0.25, 0.3) is 5.91 Å². The highest BCUT2D eigenvalue weighted by Crippen LogP contribution is 2.26. The van der Waals surface area contributed by atoms with Crippen LogP contribution >= 0.6 is 0 Å². The van der Waals surface area contributed by atoms with Gasteiger partial charge in [-0.2, -0.15) is 5.10 Å². The standard InChI is InChI=1S/C18H23N3O4/c1-23-11-15-17(25-3)16(24-2)10-21(15)18(22)13-6-4-5-12(9-13)14-7-8-19-20-14/h4-9,15-17H,10-11H2,1-3H3,(H,19,20)/t15-,16+,17-/m1/s1. The molecule has 1 aromatic heterocycles. The third-order valence-corrected chi connectivity index (χ3v) is 4.62. The number of aromatic nitrogens is 2. The molecule has 0 saturated carbocycles. The molecule has 1 aromatic carbocycles. The maximum Gasteiger partial charge on any atom is 0.254 e. The van der Waals surface area contributed by atoms with Gasteiger partial charge in [0.1, 0.15) is 12.2 Å². The highest BCUT2D eigenvalue weighted by molar-refractivity contribution is 5.96. The summed E-state index contributed by atoms with van der Waals surface area (Å²) in [5.74, 6) is -0.0648. The molecule has 1 N–H and O–H groups in total. The summed E-state index contributed by atoms with van der Waals surface area (Å²) in [4.78, 5) is 14.9. The van der Waals surface area contributed by atoms with Crippen LogP contribution in [0.5, 0.6) is 0 Å². The molecule has 1 aliphatic rings. The van der Waals surface area contributed by atoms with Crippen molar-refractivity contribution in [3.05, 3.63) is 42.1 Å². The van der Waals surface area contributed by atoms with Gasteiger partial charge in [0.15, 0.2) is 0 Å². The molecule has 3 atom stereocenters. The monoisotopic (exact) mass is 345 g/mol. The van der Waals surface area contributed by atoms with Gasteiger partial charge in [-0.25, -0.2) is 0 Å². The van der Waals surface area contributed by atoms with Crippen LogP contribution in [0, 0.1) is 0 Å². The topological polar surface area (TPSA) is 76.7 Å². The van der Waals surface area contributed by atoms with E-state index in [1.165, 1.54) is 0 Å². The number of carbonyl (C=O) groups excluding carboxylic acids is 1. The Morgan fingerprint density at radius 1 is 1.28 bits per heavy atom. The van der Waals surface area contributed by atoms with Gasteiger partial charge in [-0.15, -0.1) is 0 Å². The molecule has 0 aliphatic carbocycles. The summed E-state index contributed by atoms with van der Waals surface area (Å²) in [6, 6.07) is 9.16. The zero-order chi connectivity index (χ0) is 17.8. The minimum absolute atomic E-state index is 0.0648. The molecular formula is C18H23N3O4. The molecular weight excluding hydrogens is 322 g/mol. The Hall–Kier alpha value is -2.22. The van der Waals surface area contributed by atoms with E-state index in [1.807, 2.05) is 30.3 Å². The number of hydrogen-bond acceptors (Lipinski definition) is 5. The number of methoxy groups -OCH3 is 3. The van der Waals surface area contributed by atoms with Gasteiger partial charge in [-0.1, -0.05) is 12.1 Å². The summed E-state index contributed by atoms with van der Waals surface area (Å²) in [6.07, 6.45) is 1.29. The Balaban J connectivity index is 1.87. The van der Waals surface area contributed by atoms with Gasteiger partial charge in [-0.05, 0) is 18.2 Å². The predicted octanol–water partition coefficient (Wildman–Crippen LogP) is 1.58. The van der Waals surface area contributed by atoms with Crippen LogP contribution in [0.4, 0.5) is 0 Å². The maximum atomic E-state index is 13.1. The van der Waals surface area contributed by atoms with Crippen LogP contribution in [0.2, 0.25) is 0 Å². The number of carbonyl (C=O) groups is 1. The fraction of sp³-hybridized carbons (Fsp3) is 0.444. The van der Waals surface area contributed by atoms with E-state index in [4.69, 9.17) is 14.2 Å². The van der Waals surface area contributed by atoms with Crippen molar-refractivity contribution in [2.75, 3.05) is 34.5 Å². The maximum absolute atomic E-state index is 13.1. The number of nitrogens with one attached hydrogen (secondary N) is 1. The summed E-state index contributed by atoms with van der Waals surface area (Å²) in [5.41, 5.74) is 2.39. The summed E-state index contributed by atoms with van der Waals surface area (Å²) in [6.45, 7) is 0.862. The molecule has 134 valence electrons. The number of ether oxygens (including phenoxy) is 3. The molecule has 0 spiro atoms. The molecule has 25 heavy (non-hydrogen) atoms. The Morgan fingerprint density at radius 2 is 2.12 bits per heavy atom. The number of benzene rings is 1. The van der Waals surface area contributed by atoms with E-state index in [-0.39, 0.29) is 24.2 Å². The summed E-state index contributed by atoms with van der Waals surface area (Å²) >= 11 is 0. The van der Waals surface area contributed by atoms with Crippen molar-refractivity contribution >= 4 is 5.91 Å². The minimum Gasteiger partial charge on any atom is -0.382 e. The lowest BCUT2D eigenvalue weighted by molar-refractivity contribution is -0.0311. The van der Waals surface area contributed by atoms with Crippen LogP contribution in [0.15, 0.2) is 36.5 Å². The second kappa shape index (κ2) is 7.77. The van der Waals surface area contributed by atoms with Crippen LogP contribution in [-0.2, 0) is 14.2 Å². The van der Waals surface area contributed by atoms with E-state index < -0.39 is 0 Å². The van der Waals surface area contributed by atoms with Crippen LogP contribution in [0.25, 0.3) is 11.3 Å². The zero-order valence-electron chi connectivity index (χ0n) is 14.6. The molecule has 0 unspecified atom stereocenters. The number of hydrogen-bond donors (Lipinski definition) is 1. The SMILES string of the molecule is COC[C@@H]1[C@@H](OC)[C@@H](OC)CN1C(=O)c1cccc(-c2ccn[nH]2)c1. The second-order valence-corrected chi connectivity index (χ2v) is 6.01. The van der Waals surface area contributed by atoms with Crippen LogP contribution in [0.3, 0.4) is 0 Å². The number of rotatable bonds is 6. The fourth-order valence-electron chi connectivity index (χ4n) is 3.37. The van der Waals surface area contributed by atoms with Gasteiger partial charge in [0.05, 0.1) is 24.9 Å². The van der Waals surface area contributed by atoms with Gasteiger partial charge in [0, 0.05) is 38.7 Å². The Kier molecular flexibility index (Phi) is 5.47. The van der Waals surface area contributed by atoms with E-state index in [0.29, 0.717) is 18.7 Å². The van der Waals surface area contributed by atoms with Gasteiger partial charge < -0.3 is 19.1 Å². The van der Waals surface area contributed by atoms with Crippen molar-refractivity contribution < 1.29 is 19.0 Å². The first-order valence-corrected chi connectivity index (χ1v) is 8.15. The first-order chi connectivity index (χ1) is 12.2. The lowest BCUT2D eigenvalue weighted by atomic mass is 10.1. The fourth-order valence-corrected chi connectivity index (χ4v) is 3.37.